The minimum Gasteiger partial charge on any atom is -0.374 e. The molecule has 2 N–H and O–H groups in total. The number of rotatable bonds is 4. The van der Waals surface area contributed by atoms with Crippen LogP contribution in [0, 0.1) is 0 Å². The molecule has 6 heterocycles. The molecule has 146 valence electrons. The van der Waals surface area contributed by atoms with Crippen molar-refractivity contribution in [3.8, 4) is 11.3 Å². The molecule has 3 aromatic rings. The summed E-state index contributed by atoms with van der Waals surface area (Å²) in [6, 6.07) is 0.565. The number of anilines is 2. The molecule has 9 nitrogen and oxygen atoms in total. The molecule has 3 aliphatic heterocycles. The summed E-state index contributed by atoms with van der Waals surface area (Å²) in [5.41, 5.74) is 8.11. The van der Waals surface area contributed by atoms with Crippen molar-refractivity contribution in [1.29, 1.82) is 0 Å². The zero-order valence-electron chi connectivity index (χ0n) is 16.1. The van der Waals surface area contributed by atoms with Crippen molar-refractivity contribution in [3.05, 3.63) is 18.6 Å². The highest BCUT2D eigenvalue weighted by atomic mass is 16.5. The van der Waals surface area contributed by atoms with Gasteiger partial charge < -0.3 is 15.4 Å². The Labute approximate surface area is 163 Å². The van der Waals surface area contributed by atoms with Gasteiger partial charge in [0.05, 0.1) is 42.1 Å². The molecule has 3 unspecified atom stereocenters. The Balaban J connectivity index is 1.69. The number of hydrogen-bond acceptors (Lipinski definition) is 8. The third-order valence-electron chi connectivity index (χ3n) is 5.84. The number of piperidine rings is 1. The van der Waals surface area contributed by atoms with E-state index in [2.05, 4.69) is 33.8 Å². The van der Waals surface area contributed by atoms with Gasteiger partial charge in [-0.3, -0.25) is 0 Å². The first kappa shape index (κ1) is 17.3. The molecule has 3 fully saturated rings. The van der Waals surface area contributed by atoms with Crippen molar-refractivity contribution in [2.45, 2.75) is 51.3 Å². The highest BCUT2D eigenvalue weighted by Gasteiger charge is 2.36. The minimum atomic E-state index is 0.245. The van der Waals surface area contributed by atoms with Crippen LogP contribution in [0.5, 0.6) is 0 Å². The summed E-state index contributed by atoms with van der Waals surface area (Å²) in [5.74, 6) is 0.970. The van der Waals surface area contributed by atoms with Crippen LogP contribution in [0.15, 0.2) is 18.6 Å². The van der Waals surface area contributed by atoms with Crippen LogP contribution >= 0.6 is 0 Å². The fraction of sp³-hybridized carbons (Fsp3) is 0.526. The fourth-order valence-corrected chi connectivity index (χ4v) is 4.01. The Morgan fingerprint density at radius 3 is 2.68 bits per heavy atom. The Bertz CT molecular complexity index is 993. The molecular weight excluding hydrogens is 356 g/mol. The Kier molecular flexibility index (Phi) is 4.12. The van der Waals surface area contributed by atoms with Gasteiger partial charge in [-0.1, -0.05) is 6.92 Å². The van der Waals surface area contributed by atoms with E-state index in [1.807, 2.05) is 10.9 Å². The van der Waals surface area contributed by atoms with Crippen LogP contribution in [0.2, 0.25) is 0 Å². The molecule has 2 bridgehead atoms. The van der Waals surface area contributed by atoms with Gasteiger partial charge >= 0.3 is 0 Å². The first-order chi connectivity index (χ1) is 13.6. The molecular formula is C19H24N8O. The summed E-state index contributed by atoms with van der Waals surface area (Å²) >= 11 is 0. The molecule has 28 heavy (non-hydrogen) atoms. The number of morpholine rings is 1. The SMILES string of the molecule is CCC(C)n1ncc2c(-c3cnc(N)nc3)nc(N3CC4CCC3CO4)nc21. The van der Waals surface area contributed by atoms with Crippen LogP contribution in [-0.2, 0) is 4.74 Å². The number of ether oxygens (including phenoxy) is 1. The molecule has 6 rings (SSSR count). The van der Waals surface area contributed by atoms with Gasteiger partial charge in [0.15, 0.2) is 5.65 Å². The van der Waals surface area contributed by atoms with Crippen LogP contribution in [-0.4, -0.2) is 55.0 Å². The van der Waals surface area contributed by atoms with E-state index in [0.29, 0.717) is 6.04 Å². The average molecular weight is 380 g/mol. The molecule has 0 aromatic carbocycles. The van der Waals surface area contributed by atoms with Gasteiger partial charge in [0.25, 0.3) is 0 Å². The highest BCUT2D eigenvalue weighted by molar-refractivity contribution is 5.91. The second kappa shape index (κ2) is 6.66. The fourth-order valence-electron chi connectivity index (χ4n) is 4.01. The van der Waals surface area contributed by atoms with Crippen LogP contribution in [0.4, 0.5) is 11.9 Å². The van der Waals surface area contributed by atoms with Crippen LogP contribution in [0.25, 0.3) is 22.3 Å². The third kappa shape index (κ3) is 2.77. The lowest BCUT2D eigenvalue weighted by Gasteiger charge is -2.45. The number of nitrogens with two attached hydrogens (primary N) is 1. The molecule has 0 spiro atoms. The van der Waals surface area contributed by atoms with E-state index in [1.54, 1.807) is 12.4 Å². The maximum atomic E-state index is 5.86. The van der Waals surface area contributed by atoms with E-state index in [9.17, 15) is 0 Å². The predicted octanol–water partition coefficient (Wildman–Crippen LogP) is 2.20. The normalized spacial score (nSPS) is 22.7. The summed E-state index contributed by atoms with van der Waals surface area (Å²) < 4.78 is 7.85. The topological polar surface area (TPSA) is 108 Å². The van der Waals surface area contributed by atoms with Gasteiger partial charge in [-0.2, -0.15) is 10.1 Å². The lowest BCUT2D eigenvalue weighted by Crippen LogP contribution is -2.55. The van der Waals surface area contributed by atoms with Crippen LogP contribution in [0.1, 0.15) is 39.2 Å². The van der Waals surface area contributed by atoms with Crippen molar-refractivity contribution in [2.24, 2.45) is 0 Å². The number of fused-ring (bicyclic) bond motifs is 4. The molecule has 0 radical (unpaired) electrons. The van der Waals surface area contributed by atoms with Gasteiger partial charge in [-0.25, -0.2) is 19.6 Å². The standard InChI is InChI=1S/C19H24N8O/c1-3-11(2)27-17-15(8-23-27)16(12-6-21-18(20)22-7-12)24-19(25-17)26-9-14-5-4-13(26)10-28-14/h6-8,11,13-14H,3-5,9-10H2,1-2H3,(H2,20,21,22). The number of hydrogen-bond donors (Lipinski definition) is 1. The predicted molar refractivity (Wildman–Crippen MR) is 106 cm³/mol. The zero-order valence-corrected chi connectivity index (χ0v) is 16.1. The van der Waals surface area contributed by atoms with E-state index in [4.69, 9.17) is 20.4 Å². The maximum absolute atomic E-state index is 5.86. The number of nitrogens with zero attached hydrogens (tertiary/aromatic N) is 7. The molecule has 3 aliphatic rings. The van der Waals surface area contributed by atoms with Crippen molar-refractivity contribution >= 4 is 22.9 Å². The van der Waals surface area contributed by atoms with Crippen LogP contribution < -0.4 is 10.6 Å². The average Bonchev–Trinajstić information content (AvgIpc) is 3.18. The van der Waals surface area contributed by atoms with E-state index >= 15 is 0 Å². The Morgan fingerprint density at radius 1 is 1.21 bits per heavy atom. The molecule has 3 atom stereocenters. The summed E-state index contributed by atoms with van der Waals surface area (Å²) in [7, 11) is 0. The molecule has 3 aromatic heterocycles. The summed E-state index contributed by atoms with van der Waals surface area (Å²) in [6.45, 7) is 5.86. The first-order valence-corrected chi connectivity index (χ1v) is 9.85. The van der Waals surface area contributed by atoms with E-state index in [-0.39, 0.29) is 18.1 Å². The molecule has 0 aliphatic carbocycles. The van der Waals surface area contributed by atoms with Gasteiger partial charge in [0, 0.05) is 24.5 Å². The molecule has 9 heteroatoms. The Morgan fingerprint density at radius 2 is 2.04 bits per heavy atom. The van der Waals surface area contributed by atoms with Gasteiger partial charge in [0.1, 0.15) is 0 Å². The second-order valence-electron chi connectivity index (χ2n) is 7.62. The van der Waals surface area contributed by atoms with Crippen molar-refractivity contribution in [1.82, 2.24) is 29.7 Å². The molecule has 3 saturated heterocycles. The molecule has 0 saturated carbocycles. The minimum absolute atomic E-state index is 0.245. The lowest BCUT2D eigenvalue weighted by atomic mass is 9.97. The summed E-state index contributed by atoms with van der Waals surface area (Å²) in [4.78, 5) is 20.4. The largest absolute Gasteiger partial charge is 0.374 e. The summed E-state index contributed by atoms with van der Waals surface area (Å²) in [6.07, 6.45) is 8.69. The number of nitrogen functional groups attached to an aromatic ring is 1. The van der Waals surface area contributed by atoms with Gasteiger partial charge in [0.2, 0.25) is 11.9 Å². The van der Waals surface area contributed by atoms with E-state index in [1.165, 1.54) is 0 Å². The van der Waals surface area contributed by atoms with Crippen molar-refractivity contribution in [2.75, 3.05) is 23.8 Å². The van der Waals surface area contributed by atoms with Gasteiger partial charge in [-0.05, 0) is 26.2 Å². The van der Waals surface area contributed by atoms with Gasteiger partial charge in [-0.15, -0.1) is 0 Å². The highest BCUT2D eigenvalue weighted by Crippen LogP contribution is 2.33. The van der Waals surface area contributed by atoms with Crippen LogP contribution in [0.3, 0.4) is 0 Å². The summed E-state index contributed by atoms with van der Waals surface area (Å²) in [5, 5.41) is 5.51. The smallest absolute Gasteiger partial charge is 0.228 e. The van der Waals surface area contributed by atoms with E-state index < -0.39 is 0 Å². The quantitative estimate of drug-likeness (QED) is 0.734. The maximum Gasteiger partial charge on any atom is 0.228 e. The monoisotopic (exact) mass is 380 g/mol. The Hall–Kier alpha value is -2.81. The third-order valence-corrected chi connectivity index (χ3v) is 5.84. The first-order valence-electron chi connectivity index (χ1n) is 9.85. The van der Waals surface area contributed by atoms with E-state index in [0.717, 1.165) is 60.7 Å². The lowest BCUT2D eigenvalue weighted by molar-refractivity contribution is -0.0231. The van der Waals surface area contributed by atoms with Crippen molar-refractivity contribution < 1.29 is 4.74 Å². The zero-order chi connectivity index (χ0) is 19.3. The molecule has 0 amide bonds. The van der Waals surface area contributed by atoms with Crippen molar-refractivity contribution in [3.63, 3.8) is 0 Å². The number of aromatic nitrogens is 6. The second-order valence-corrected chi connectivity index (χ2v) is 7.62.